The molecule has 3 N–H and O–H groups in total. The molecular weight excluding hydrogens is 569 g/mol. The van der Waals surface area contributed by atoms with Gasteiger partial charge in [-0.1, -0.05) is 18.2 Å². The van der Waals surface area contributed by atoms with Crippen LogP contribution in [0.2, 0.25) is 0 Å². The molecule has 0 bridgehead atoms. The number of rotatable bonds is 10. The zero-order valence-electron chi connectivity index (χ0n) is 23.7. The maximum atomic E-state index is 14.1. The number of fused-ring (bicyclic) bond motifs is 1. The van der Waals surface area contributed by atoms with Crippen LogP contribution in [-0.4, -0.2) is 81.6 Å². The van der Waals surface area contributed by atoms with Gasteiger partial charge in [0, 0.05) is 62.3 Å². The molecule has 2 amide bonds. The third kappa shape index (κ3) is 7.08. The Bertz CT molecular complexity index is 1700. The number of hydrogen-bond donors (Lipinski definition) is 3. The van der Waals surface area contributed by atoms with Crippen molar-refractivity contribution in [2.75, 3.05) is 62.3 Å². The van der Waals surface area contributed by atoms with Crippen molar-refractivity contribution in [1.29, 1.82) is 0 Å². The van der Waals surface area contributed by atoms with Crippen LogP contribution in [0.15, 0.2) is 72.4 Å². The summed E-state index contributed by atoms with van der Waals surface area (Å²) in [6.45, 7) is 6.09. The van der Waals surface area contributed by atoms with Crippen molar-refractivity contribution in [2.24, 2.45) is 0 Å². The van der Waals surface area contributed by atoms with Gasteiger partial charge in [-0.3, -0.25) is 9.72 Å². The minimum Gasteiger partial charge on any atom is -0.493 e. The fraction of sp³-hybridized carbons (Fsp3) is 0.267. The van der Waals surface area contributed by atoms with Crippen LogP contribution in [0, 0.1) is 5.82 Å². The number of nitrogens with zero attached hydrogens (tertiary/aromatic N) is 6. The summed E-state index contributed by atoms with van der Waals surface area (Å²) in [6, 6.07) is 14.8. The number of likely N-dealkylation sites (N-methyl/N-ethyl adjacent to an activating group) is 1. The average molecular weight is 602 g/mol. The predicted octanol–water partition coefficient (Wildman–Crippen LogP) is 5.40. The largest absolute Gasteiger partial charge is 0.493 e. The number of benzene rings is 2. The highest BCUT2D eigenvalue weighted by Crippen LogP contribution is 2.31. The van der Waals surface area contributed by atoms with Gasteiger partial charge in [0.25, 0.3) is 0 Å². The van der Waals surface area contributed by atoms with Crippen LogP contribution in [0.5, 0.6) is 5.75 Å². The molecule has 0 aliphatic carbocycles. The van der Waals surface area contributed by atoms with E-state index in [0.717, 1.165) is 50.6 Å². The van der Waals surface area contributed by atoms with Crippen LogP contribution < -0.4 is 20.7 Å². The van der Waals surface area contributed by atoms with E-state index >= 15 is 0 Å². The number of ether oxygens (including phenoxy) is 1. The van der Waals surface area contributed by atoms with Crippen molar-refractivity contribution >= 4 is 45.5 Å². The van der Waals surface area contributed by atoms with Crippen molar-refractivity contribution < 1.29 is 13.9 Å². The molecule has 0 radical (unpaired) electrons. The molecule has 1 aliphatic heterocycles. The Morgan fingerprint density at radius 2 is 1.91 bits per heavy atom. The number of thiazole rings is 1. The fourth-order valence-electron chi connectivity index (χ4n) is 4.83. The van der Waals surface area contributed by atoms with E-state index in [4.69, 9.17) is 9.72 Å². The molecule has 0 saturated carbocycles. The van der Waals surface area contributed by atoms with Gasteiger partial charge in [-0.25, -0.2) is 24.1 Å². The number of para-hydroxylation sites is 1. The van der Waals surface area contributed by atoms with Crippen molar-refractivity contribution in [2.45, 2.75) is 6.42 Å². The molecule has 222 valence electrons. The number of aromatic nitrogens is 4. The van der Waals surface area contributed by atoms with E-state index in [9.17, 15) is 9.18 Å². The van der Waals surface area contributed by atoms with Gasteiger partial charge >= 0.3 is 6.03 Å². The lowest BCUT2D eigenvalue weighted by Gasteiger charge is -2.32. The van der Waals surface area contributed by atoms with E-state index in [-0.39, 0.29) is 11.5 Å². The van der Waals surface area contributed by atoms with Gasteiger partial charge in [-0.2, -0.15) is 0 Å². The summed E-state index contributed by atoms with van der Waals surface area (Å²) in [6.07, 6.45) is 4.45. The molecule has 1 aliphatic rings. The Morgan fingerprint density at radius 1 is 1.05 bits per heavy atom. The van der Waals surface area contributed by atoms with Gasteiger partial charge in [0.05, 0.1) is 18.0 Å². The molecular formula is C30H32FN9O2S. The number of carbonyl (C=O) groups excluding carboxylic acids is 1. The van der Waals surface area contributed by atoms with E-state index in [0.29, 0.717) is 28.9 Å². The molecule has 1 fully saturated rings. The van der Waals surface area contributed by atoms with Gasteiger partial charge in [0.15, 0.2) is 10.8 Å². The minimum atomic E-state index is -0.621. The molecule has 13 heteroatoms. The average Bonchev–Trinajstić information content (AvgIpc) is 3.59. The summed E-state index contributed by atoms with van der Waals surface area (Å²) >= 11 is 1.42. The van der Waals surface area contributed by atoms with Crippen molar-refractivity contribution in [3.05, 3.63) is 78.2 Å². The Morgan fingerprint density at radius 3 is 2.77 bits per heavy atom. The lowest BCUT2D eigenvalue weighted by molar-refractivity contribution is 0.145. The first-order chi connectivity index (χ1) is 21.0. The molecule has 11 nitrogen and oxygen atoms in total. The van der Waals surface area contributed by atoms with Crippen molar-refractivity contribution in [3.8, 4) is 17.1 Å². The smallest absolute Gasteiger partial charge is 0.324 e. The summed E-state index contributed by atoms with van der Waals surface area (Å²) in [7, 11) is 2.16. The number of piperazine rings is 1. The molecule has 2 aromatic carbocycles. The first kappa shape index (κ1) is 28.5. The number of carbonyl (C=O) groups is 1. The highest BCUT2D eigenvalue weighted by atomic mass is 32.1. The number of halogens is 1. The second kappa shape index (κ2) is 13.2. The summed E-state index contributed by atoms with van der Waals surface area (Å²) < 4.78 is 21.9. The maximum Gasteiger partial charge on any atom is 0.324 e. The molecule has 43 heavy (non-hydrogen) atoms. The molecule has 6 rings (SSSR count). The van der Waals surface area contributed by atoms with Crippen LogP contribution in [0.3, 0.4) is 0 Å². The van der Waals surface area contributed by atoms with Gasteiger partial charge in [0.2, 0.25) is 5.95 Å². The maximum absolute atomic E-state index is 14.1. The number of urea groups is 1. The lowest BCUT2D eigenvalue weighted by atomic mass is 10.3. The van der Waals surface area contributed by atoms with Crippen LogP contribution in [-0.2, 0) is 0 Å². The molecule has 4 heterocycles. The third-order valence-corrected chi connectivity index (χ3v) is 7.84. The summed E-state index contributed by atoms with van der Waals surface area (Å²) in [5.41, 5.74) is 1.96. The van der Waals surface area contributed by atoms with E-state index in [1.54, 1.807) is 24.4 Å². The quantitative estimate of drug-likeness (QED) is 0.183. The Labute approximate surface area is 252 Å². The predicted molar refractivity (Wildman–Crippen MR) is 167 cm³/mol. The Balaban J connectivity index is 1.12. The van der Waals surface area contributed by atoms with E-state index in [2.05, 4.69) is 42.8 Å². The minimum absolute atomic E-state index is 0.0670. The van der Waals surface area contributed by atoms with Crippen LogP contribution >= 0.6 is 11.3 Å². The SMILES string of the molecule is CN1CCN(CCCOc2cccc(Nc3nccc(-c4c(NC(=O)Nc5ccccc5F)nc5sccn45)n3)c2)CC1. The second-order valence-corrected chi connectivity index (χ2v) is 11.1. The van der Waals surface area contributed by atoms with E-state index < -0.39 is 11.8 Å². The number of anilines is 4. The number of amides is 2. The highest BCUT2D eigenvalue weighted by Gasteiger charge is 2.20. The van der Waals surface area contributed by atoms with E-state index in [1.165, 1.54) is 23.5 Å². The molecule has 0 atom stereocenters. The molecule has 5 aromatic rings. The number of nitrogens with one attached hydrogen (secondary N) is 3. The molecule has 0 spiro atoms. The van der Waals surface area contributed by atoms with E-state index in [1.807, 2.05) is 40.2 Å². The molecule has 0 unspecified atom stereocenters. The molecule has 1 saturated heterocycles. The van der Waals surface area contributed by atoms with Gasteiger partial charge in [0.1, 0.15) is 17.3 Å². The zero-order valence-corrected chi connectivity index (χ0v) is 24.5. The Kier molecular flexibility index (Phi) is 8.72. The van der Waals surface area contributed by atoms with Crippen molar-refractivity contribution in [3.63, 3.8) is 0 Å². The second-order valence-electron chi connectivity index (χ2n) is 10.2. The highest BCUT2D eigenvalue weighted by molar-refractivity contribution is 7.15. The summed E-state index contributed by atoms with van der Waals surface area (Å²) in [5, 5.41) is 10.4. The van der Waals surface area contributed by atoms with Gasteiger partial charge < -0.3 is 25.2 Å². The van der Waals surface area contributed by atoms with Crippen molar-refractivity contribution in [1.82, 2.24) is 29.2 Å². The van der Waals surface area contributed by atoms with Crippen LogP contribution in [0.1, 0.15) is 6.42 Å². The lowest BCUT2D eigenvalue weighted by Crippen LogP contribution is -2.44. The normalized spacial score (nSPS) is 14.1. The topological polar surface area (TPSA) is 112 Å². The van der Waals surface area contributed by atoms with Crippen LogP contribution in [0.25, 0.3) is 16.3 Å². The Hall–Kier alpha value is -4.59. The summed E-state index contributed by atoms with van der Waals surface area (Å²) in [4.78, 5) is 31.9. The zero-order chi connectivity index (χ0) is 29.6. The number of hydrogen-bond acceptors (Lipinski definition) is 9. The summed E-state index contributed by atoms with van der Waals surface area (Å²) in [5.74, 6) is 0.895. The standard InChI is InChI=1S/C30H32FN9O2S/c1-38-13-15-39(16-14-38)12-5-18-42-22-7-4-6-21(20-22)33-28-32-11-10-25(34-28)26-27(37-30-40(26)17-19-43-30)36-29(41)35-24-9-3-2-8-23(24)31/h2-4,6-11,17,19-20H,5,12-16,18H2,1H3,(H,32,33,34)(H2,35,36,41). The first-order valence-electron chi connectivity index (χ1n) is 14.0. The number of imidazole rings is 1. The van der Waals surface area contributed by atoms with Gasteiger partial charge in [-0.05, 0) is 43.8 Å². The third-order valence-electron chi connectivity index (χ3n) is 7.09. The van der Waals surface area contributed by atoms with Crippen LogP contribution in [0.4, 0.5) is 32.3 Å². The first-order valence-corrected chi connectivity index (χ1v) is 14.9. The fourth-order valence-corrected chi connectivity index (χ4v) is 5.55. The van der Waals surface area contributed by atoms with Gasteiger partial charge in [-0.15, -0.1) is 11.3 Å². The monoisotopic (exact) mass is 601 g/mol. The molecule has 3 aromatic heterocycles.